The van der Waals surface area contributed by atoms with Crippen LogP contribution in [0.25, 0.3) is 0 Å². The molecule has 1 saturated heterocycles. The van der Waals surface area contributed by atoms with Crippen LogP contribution >= 0.6 is 0 Å². The van der Waals surface area contributed by atoms with Crippen molar-refractivity contribution < 1.29 is 20.1 Å². The molecule has 19 heavy (non-hydrogen) atoms. The van der Waals surface area contributed by atoms with Gasteiger partial charge in [-0.3, -0.25) is 9.69 Å². The Labute approximate surface area is 112 Å². The first-order chi connectivity index (χ1) is 8.86. The van der Waals surface area contributed by atoms with Gasteiger partial charge in [0.2, 0.25) is 0 Å². The average Bonchev–Trinajstić information content (AvgIpc) is 2.75. The van der Waals surface area contributed by atoms with E-state index in [1.54, 1.807) is 6.92 Å². The molecule has 5 heteroatoms. The minimum atomic E-state index is -0.919. The number of benzene rings is 1. The highest BCUT2D eigenvalue weighted by molar-refractivity contribution is 5.78. The maximum Gasteiger partial charge on any atom is 0.323 e. The molecule has 104 valence electrons. The molecule has 2 rings (SSSR count). The van der Waals surface area contributed by atoms with E-state index in [0.29, 0.717) is 18.5 Å². The Hall–Kier alpha value is -1.75. The van der Waals surface area contributed by atoms with Crippen molar-refractivity contribution in [3.05, 3.63) is 23.8 Å². The molecule has 0 aromatic heterocycles. The lowest BCUT2D eigenvalue weighted by molar-refractivity contribution is -0.149. The normalized spacial score (nSPS) is 25.4. The van der Waals surface area contributed by atoms with Crippen LogP contribution in [0.4, 0.5) is 0 Å². The number of carboxylic acid groups (broad SMARTS) is 1. The summed E-state index contributed by atoms with van der Waals surface area (Å²) in [7, 11) is 0. The molecule has 0 bridgehead atoms. The second kappa shape index (κ2) is 4.74. The molecule has 0 amide bonds. The van der Waals surface area contributed by atoms with Crippen molar-refractivity contribution in [2.24, 2.45) is 0 Å². The summed E-state index contributed by atoms with van der Waals surface area (Å²) in [6, 6.07) is 4.05. The molecule has 0 spiro atoms. The molecule has 0 saturated carbocycles. The lowest BCUT2D eigenvalue weighted by Crippen LogP contribution is -2.48. The van der Waals surface area contributed by atoms with Gasteiger partial charge in [-0.1, -0.05) is 0 Å². The van der Waals surface area contributed by atoms with Crippen LogP contribution < -0.4 is 0 Å². The van der Waals surface area contributed by atoms with E-state index < -0.39 is 11.5 Å². The Morgan fingerprint density at radius 1 is 1.42 bits per heavy atom. The average molecular weight is 265 g/mol. The third kappa shape index (κ3) is 2.26. The monoisotopic (exact) mass is 265 g/mol. The van der Waals surface area contributed by atoms with Gasteiger partial charge in [-0.15, -0.1) is 0 Å². The fourth-order valence-electron chi connectivity index (χ4n) is 2.88. The van der Waals surface area contributed by atoms with Crippen LogP contribution in [0, 0.1) is 0 Å². The van der Waals surface area contributed by atoms with Crippen molar-refractivity contribution in [3.8, 4) is 11.5 Å². The molecule has 1 aliphatic rings. The molecule has 0 aliphatic carbocycles. The number of phenols is 2. The smallest absolute Gasteiger partial charge is 0.323 e. The van der Waals surface area contributed by atoms with E-state index in [4.69, 9.17) is 0 Å². The minimum absolute atomic E-state index is 0.0656. The Kier molecular flexibility index (Phi) is 3.41. The summed E-state index contributed by atoms with van der Waals surface area (Å²) in [5.41, 5.74) is -0.369. The first-order valence-corrected chi connectivity index (χ1v) is 6.38. The number of likely N-dealkylation sites (tertiary alicyclic amines) is 1. The van der Waals surface area contributed by atoms with Crippen LogP contribution in [-0.2, 0) is 4.79 Å². The third-order valence-electron chi connectivity index (χ3n) is 4.09. The van der Waals surface area contributed by atoms with Gasteiger partial charge in [0.05, 0.1) is 0 Å². The molecule has 2 atom stereocenters. The van der Waals surface area contributed by atoms with Crippen molar-refractivity contribution in [1.29, 1.82) is 0 Å². The molecular formula is C14H19NO4. The zero-order valence-electron chi connectivity index (χ0n) is 11.1. The number of carboxylic acids is 1. The molecule has 1 fully saturated rings. The molecule has 0 radical (unpaired) electrons. The molecule has 1 aromatic rings. The van der Waals surface area contributed by atoms with Gasteiger partial charge in [0.1, 0.15) is 17.0 Å². The van der Waals surface area contributed by atoms with Gasteiger partial charge in [0.25, 0.3) is 0 Å². The fourth-order valence-corrected chi connectivity index (χ4v) is 2.88. The zero-order valence-corrected chi connectivity index (χ0v) is 11.1. The molecule has 2 unspecified atom stereocenters. The van der Waals surface area contributed by atoms with Gasteiger partial charge in [-0.2, -0.15) is 0 Å². The second-order valence-electron chi connectivity index (χ2n) is 5.30. The molecule has 3 N–H and O–H groups in total. The van der Waals surface area contributed by atoms with Crippen molar-refractivity contribution in [1.82, 2.24) is 4.90 Å². The van der Waals surface area contributed by atoms with Gasteiger partial charge < -0.3 is 15.3 Å². The second-order valence-corrected chi connectivity index (χ2v) is 5.30. The number of aromatic hydroxyl groups is 2. The van der Waals surface area contributed by atoms with Crippen LogP contribution in [0.15, 0.2) is 18.2 Å². The van der Waals surface area contributed by atoms with Crippen LogP contribution in [0.2, 0.25) is 0 Å². The number of aliphatic carboxylic acids is 1. The van der Waals surface area contributed by atoms with Crippen molar-refractivity contribution in [3.63, 3.8) is 0 Å². The van der Waals surface area contributed by atoms with E-state index in [9.17, 15) is 20.1 Å². The zero-order chi connectivity index (χ0) is 14.2. The highest BCUT2D eigenvalue weighted by Crippen LogP contribution is 2.40. The number of hydrogen-bond donors (Lipinski definition) is 3. The molecule has 1 aromatic carbocycles. The van der Waals surface area contributed by atoms with Crippen LogP contribution in [0.5, 0.6) is 11.5 Å². The Morgan fingerprint density at radius 2 is 2.11 bits per heavy atom. The predicted octanol–water partition coefficient (Wildman–Crippen LogP) is 2.10. The lowest BCUT2D eigenvalue weighted by atomic mass is 9.95. The van der Waals surface area contributed by atoms with Crippen molar-refractivity contribution in [2.75, 3.05) is 6.54 Å². The van der Waals surface area contributed by atoms with Crippen molar-refractivity contribution >= 4 is 5.97 Å². The molecule has 1 heterocycles. The van der Waals surface area contributed by atoms with E-state index in [1.807, 2.05) is 11.8 Å². The lowest BCUT2D eigenvalue weighted by Gasteiger charge is -2.36. The van der Waals surface area contributed by atoms with Gasteiger partial charge in [0.15, 0.2) is 0 Å². The highest BCUT2D eigenvalue weighted by Gasteiger charge is 2.45. The minimum Gasteiger partial charge on any atom is -0.508 e. The summed E-state index contributed by atoms with van der Waals surface area (Å²) >= 11 is 0. The van der Waals surface area contributed by atoms with Gasteiger partial charge in [0, 0.05) is 11.6 Å². The first-order valence-electron chi connectivity index (χ1n) is 6.38. The first kappa shape index (κ1) is 13.7. The van der Waals surface area contributed by atoms with E-state index >= 15 is 0 Å². The SMILES string of the molecule is CC(c1cc(O)ccc1O)N1CCCC1(C)C(=O)O. The summed E-state index contributed by atoms with van der Waals surface area (Å²) < 4.78 is 0. The number of hydrogen-bond acceptors (Lipinski definition) is 4. The summed E-state index contributed by atoms with van der Waals surface area (Å²) in [4.78, 5) is 13.3. The number of carbonyl (C=O) groups is 1. The van der Waals surface area contributed by atoms with E-state index in [-0.39, 0.29) is 17.5 Å². The van der Waals surface area contributed by atoms with Gasteiger partial charge in [-0.05, 0) is 51.4 Å². The Bertz CT molecular complexity index is 502. The standard InChI is InChI=1S/C14H19NO4/c1-9(11-8-10(16)4-5-12(11)17)15-7-3-6-14(15,2)13(18)19/h4-5,8-9,16-17H,3,6-7H2,1-2H3,(H,18,19). The number of phenolic OH excluding ortho intramolecular Hbond substituents is 2. The van der Waals surface area contributed by atoms with Crippen LogP contribution in [0.3, 0.4) is 0 Å². The molecule has 1 aliphatic heterocycles. The molecule has 5 nitrogen and oxygen atoms in total. The maximum atomic E-state index is 11.5. The van der Waals surface area contributed by atoms with E-state index in [2.05, 4.69) is 0 Å². The third-order valence-corrected chi connectivity index (χ3v) is 4.09. The van der Waals surface area contributed by atoms with Gasteiger partial charge in [-0.25, -0.2) is 0 Å². The van der Waals surface area contributed by atoms with Crippen LogP contribution in [-0.4, -0.2) is 38.3 Å². The largest absolute Gasteiger partial charge is 0.508 e. The topological polar surface area (TPSA) is 81.0 Å². The summed E-state index contributed by atoms with van der Waals surface area (Å²) in [6.07, 6.45) is 1.40. The van der Waals surface area contributed by atoms with Crippen molar-refractivity contribution in [2.45, 2.75) is 38.3 Å². The Balaban J connectivity index is 2.36. The van der Waals surface area contributed by atoms with Crippen LogP contribution in [0.1, 0.15) is 38.3 Å². The quantitative estimate of drug-likeness (QED) is 0.729. The fraction of sp³-hybridized carbons (Fsp3) is 0.500. The molecular weight excluding hydrogens is 246 g/mol. The summed E-state index contributed by atoms with van der Waals surface area (Å²) in [5, 5.41) is 28.8. The maximum absolute atomic E-state index is 11.5. The van der Waals surface area contributed by atoms with E-state index in [1.165, 1.54) is 18.2 Å². The number of nitrogens with zero attached hydrogens (tertiary/aromatic N) is 1. The van der Waals surface area contributed by atoms with Gasteiger partial charge >= 0.3 is 5.97 Å². The predicted molar refractivity (Wildman–Crippen MR) is 70.2 cm³/mol. The summed E-state index contributed by atoms with van der Waals surface area (Å²) in [5.74, 6) is -0.711. The Morgan fingerprint density at radius 3 is 2.74 bits per heavy atom. The number of rotatable bonds is 3. The highest BCUT2D eigenvalue weighted by atomic mass is 16.4. The summed E-state index contributed by atoms with van der Waals surface area (Å²) in [6.45, 7) is 4.22. The van der Waals surface area contributed by atoms with E-state index in [0.717, 1.165) is 6.42 Å².